The van der Waals surface area contributed by atoms with Gasteiger partial charge < -0.3 is 5.73 Å². The molecule has 2 rings (SSSR count). The second-order valence-electron chi connectivity index (χ2n) is 3.83. The maximum atomic E-state index is 13.9. The van der Waals surface area contributed by atoms with Gasteiger partial charge in [-0.2, -0.15) is 0 Å². The minimum atomic E-state index is -0.448. The van der Waals surface area contributed by atoms with Gasteiger partial charge in [-0.1, -0.05) is 18.2 Å². The number of nitrogens with two attached hydrogens (primary N) is 1. The van der Waals surface area contributed by atoms with Gasteiger partial charge >= 0.3 is 0 Å². The van der Waals surface area contributed by atoms with Crippen molar-refractivity contribution < 1.29 is 4.39 Å². The van der Waals surface area contributed by atoms with Crippen molar-refractivity contribution in [3.63, 3.8) is 0 Å². The Morgan fingerprint density at radius 2 is 1.89 bits per heavy atom. The molecular weight excluding hydrogens is 237 g/mol. The van der Waals surface area contributed by atoms with E-state index in [1.165, 1.54) is 0 Å². The smallest absolute Gasteiger partial charge is 0.265 e. The summed E-state index contributed by atoms with van der Waals surface area (Å²) in [4.78, 5) is 22.6. The summed E-state index contributed by atoms with van der Waals surface area (Å²) in [7, 11) is 0. The van der Waals surface area contributed by atoms with Gasteiger partial charge in [0.1, 0.15) is 5.82 Å². The molecule has 6 heteroatoms. The summed E-state index contributed by atoms with van der Waals surface area (Å²) in [5, 5.41) is 2.34. The third-order valence-corrected chi connectivity index (χ3v) is 2.60. The topological polar surface area (TPSA) is 80.9 Å². The molecule has 1 aromatic heterocycles. The van der Waals surface area contributed by atoms with Crippen LogP contribution < -0.4 is 16.9 Å². The third kappa shape index (κ3) is 2.38. The number of hydrogen-bond donors (Lipinski definition) is 2. The van der Waals surface area contributed by atoms with Crippen molar-refractivity contribution in [2.75, 3.05) is 0 Å². The van der Waals surface area contributed by atoms with Crippen LogP contribution in [0, 0.1) is 5.82 Å². The Bertz CT molecular complexity index is 676. The summed E-state index contributed by atoms with van der Waals surface area (Å²) in [5.74, 6) is -0.448. The molecular formula is C12H12FN3O2. The molecule has 1 aromatic carbocycles. The molecule has 0 aliphatic heterocycles. The van der Waals surface area contributed by atoms with Crippen molar-refractivity contribution in [1.82, 2.24) is 9.78 Å². The second-order valence-corrected chi connectivity index (χ2v) is 3.83. The van der Waals surface area contributed by atoms with Gasteiger partial charge in [0.2, 0.25) is 0 Å². The van der Waals surface area contributed by atoms with E-state index >= 15 is 0 Å². The lowest BCUT2D eigenvalue weighted by Gasteiger charge is -2.08. The van der Waals surface area contributed by atoms with Crippen LogP contribution in [0.5, 0.6) is 0 Å². The molecule has 0 fully saturated rings. The maximum absolute atomic E-state index is 13.9. The van der Waals surface area contributed by atoms with Crippen molar-refractivity contribution in [2.45, 2.75) is 13.1 Å². The lowest BCUT2D eigenvalue weighted by molar-refractivity contribution is 0.558. The van der Waals surface area contributed by atoms with E-state index in [1.807, 2.05) is 0 Å². The average Bonchev–Trinajstić information content (AvgIpc) is 2.36. The fraction of sp³-hybridized carbons (Fsp3) is 0.167. The highest BCUT2D eigenvalue weighted by molar-refractivity contribution is 5.26. The van der Waals surface area contributed by atoms with E-state index in [-0.39, 0.29) is 13.1 Å². The van der Waals surface area contributed by atoms with E-state index in [0.29, 0.717) is 11.1 Å². The van der Waals surface area contributed by atoms with E-state index in [9.17, 15) is 14.0 Å². The number of nitrogens with zero attached hydrogens (tertiary/aromatic N) is 1. The predicted molar refractivity (Wildman–Crippen MR) is 64.7 cm³/mol. The summed E-state index contributed by atoms with van der Waals surface area (Å²) in [6.07, 6.45) is 0. The molecule has 5 nitrogen and oxygen atoms in total. The number of nitrogens with one attached hydrogen (secondary N) is 1. The lowest BCUT2D eigenvalue weighted by atomic mass is 10.1. The van der Waals surface area contributed by atoms with Gasteiger partial charge in [0.05, 0.1) is 6.54 Å². The lowest BCUT2D eigenvalue weighted by Crippen LogP contribution is -2.28. The number of aromatic nitrogens is 2. The zero-order valence-electron chi connectivity index (χ0n) is 9.52. The molecule has 0 unspecified atom stereocenters. The van der Waals surface area contributed by atoms with Crippen LogP contribution >= 0.6 is 0 Å². The van der Waals surface area contributed by atoms with Gasteiger partial charge in [-0.15, -0.1) is 0 Å². The first-order valence-corrected chi connectivity index (χ1v) is 5.38. The summed E-state index contributed by atoms with van der Waals surface area (Å²) in [6.45, 7) is 0.0501. The predicted octanol–water partition coefficient (Wildman–Crippen LogP) is 0.183. The van der Waals surface area contributed by atoms with Crippen LogP contribution in [0.4, 0.5) is 4.39 Å². The fourth-order valence-electron chi connectivity index (χ4n) is 1.66. The minimum Gasteiger partial charge on any atom is -0.326 e. The van der Waals surface area contributed by atoms with Crippen molar-refractivity contribution in [3.8, 4) is 0 Å². The van der Waals surface area contributed by atoms with Crippen LogP contribution in [0.1, 0.15) is 11.1 Å². The number of benzene rings is 1. The molecule has 0 saturated heterocycles. The van der Waals surface area contributed by atoms with Crippen LogP contribution in [-0.2, 0) is 13.1 Å². The Morgan fingerprint density at radius 1 is 1.17 bits per heavy atom. The number of aromatic amines is 1. The van der Waals surface area contributed by atoms with E-state index in [1.54, 1.807) is 18.2 Å². The summed E-state index contributed by atoms with van der Waals surface area (Å²) < 4.78 is 15.0. The number of hydrogen-bond acceptors (Lipinski definition) is 3. The Hall–Kier alpha value is -2.21. The number of rotatable bonds is 3. The Kier molecular flexibility index (Phi) is 3.38. The SMILES string of the molecule is NCc1cccc(Cn2[nH]c(=O)ccc2=O)c1F. The second kappa shape index (κ2) is 4.97. The van der Waals surface area contributed by atoms with Crippen LogP contribution in [-0.4, -0.2) is 9.78 Å². The molecule has 2 aromatic rings. The molecule has 0 saturated carbocycles. The summed E-state index contributed by atoms with van der Waals surface area (Å²) in [6, 6.07) is 7.06. The van der Waals surface area contributed by atoms with Gasteiger partial charge in [0.15, 0.2) is 0 Å². The molecule has 0 spiro atoms. The molecule has 0 aliphatic rings. The van der Waals surface area contributed by atoms with Crippen molar-refractivity contribution in [2.24, 2.45) is 5.73 Å². The molecule has 0 bridgehead atoms. The zero-order chi connectivity index (χ0) is 13.1. The molecule has 0 aliphatic carbocycles. The van der Waals surface area contributed by atoms with Crippen LogP contribution in [0.2, 0.25) is 0 Å². The maximum Gasteiger partial charge on any atom is 0.265 e. The van der Waals surface area contributed by atoms with Crippen LogP contribution in [0.3, 0.4) is 0 Å². The third-order valence-electron chi connectivity index (χ3n) is 2.60. The van der Waals surface area contributed by atoms with Gasteiger partial charge in [-0.25, -0.2) is 9.07 Å². The first-order chi connectivity index (χ1) is 8.61. The normalized spacial score (nSPS) is 10.6. The van der Waals surface area contributed by atoms with Crippen LogP contribution in [0.15, 0.2) is 39.9 Å². The van der Waals surface area contributed by atoms with E-state index in [4.69, 9.17) is 5.73 Å². The number of H-pyrrole nitrogens is 1. The van der Waals surface area contributed by atoms with E-state index < -0.39 is 16.9 Å². The standard InChI is InChI=1S/C12H12FN3O2/c13-12-8(6-14)2-1-3-9(12)7-16-11(18)5-4-10(17)15-16/h1-5H,6-7,14H2,(H,15,17). The van der Waals surface area contributed by atoms with Crippen LogP contribution in [0.25, 0.3) is 0 Å². The zero-order valence-corrected chi connectivity index (χ0v) is 9.52. The van der Waals surface area contributed by atoms with Crippen molar-refractivity contribution in [1.29, 1.82) is 0 Å². The Labute approximate surface area is 102 Å². The molecule has 18 heavy (non-hydrogen) atoms. The Morgan fingerprint density at radius 3 is 2.61 bits per heavy atom. The molecule has 0 radical (unpaired) electrons. The molecule has 94 valence electrons. The summed E-state index contributed by atoms with van der Waals surface area (Å²) >= 11 is 0. The van der Waals surface area contributed by atoms with E-state index in [0.717, 1.165) is 16.8 Å². The fourth-order valence-corrected chi connectivity index (χ4v) is 1.66. The minimum absolute atomic E-state index is 0.0331. The van der Waals surface area contributed by atoms with Gasteiger partial charge in [0, 0.05) is 29.8 Å². The Balaban J connectivity index is 2.43. The molecule has 0 amide bonds. The van der Waals surface area contributed by atoms with Crippen molar-refractivity contribution >= 4 is 0 Å². The highest BCUT2D eigenvalue weighted by atomic mass is 19.1. The highest BCUT2D eigenvalue weighted by Crippen LogP contribution is 2.12. The molecule has 3 N–H and O–H groups in total. The van der Waals surface area contributed by atoms with Gasteiger partial charge in [-0.3, -0.25) is 14.7 Å². The van der Waals surface area contributed by atoms with Crippen molar-refractivity contribution in [3.05, 3.63) is 68.0 Å². The first-order valence-electron chi connectivity index (χ1n) is 5.38. The van der Waals surface area contributed by atoms with E-state index in [2.05, 4.69) is 5.10 Å². The highest BCUT2D eigenvalue weighted by Gasteiger charge is 2.08. The monoisotopic (exact) mass is 249 g/mol. The summed E-state index contributed by atoms with van der Waals surface area (Å²) in [5.41, 5.74) is 5.27. The largest absolute Gasteiger partial charge is 0.326 e. The average molecular weight is 249 g/mol. The first kappa shape index (κ1) is 12.3. The molecule has 0 atom stereocenters. The van der Waals surface area contributed by atoms with Gasteiger partial charge in [-0.05, 0) is 0 Å². The number of halogens is 1. The molecule has 1 heterocycles. The quantitative estimate of drug-likeness (QED) is 0.814. The van der Waals surface area contributed by atoms with Gasteiger partial charge in [0.25, 0.3) is 11.1 Å².